The Balaban J connectivity index is 1.34. The molecule has 33 heavy (non-hydrogen) atoms. The molecule has 1 amide bonds. The molecule has 3 aromatic rings. The minimum atomic E-state index is -0.0245. The van der Waals surface area contributed by atoms with Crippen molar-refractivity contribution < 1.29 is 19.0 Å². The summed E-state index contributed by atoms with van der Waals surface area (Å²) in [6, 6.07) is 21.2. The highest BCUT2D eigenvalue weighted by Gasteiger charge is 2.42. The third-order valence-electron chi connectivity index (χ3n) is 7.12. The van der Waals surface area contributed by atoms with Crippen LogP contribution in [0.3, 0.4) is 0 Å². The molecule has 0 heterocycles. The first-order valence-corrected chi connectivity index (χ1v) is 11.4. The van der Waals surface area contributed by atoms with Gasteiger partial charge in [-0.1, -0.05) is 54.6 Å². The summed E-state index contributed by atoms with van der Waals surface area (Å²) in [7, 11) is 4.72. The average molecular weight is 444 g/mol. The quantitative estimate of drug-likeness (QED) is 0.577. The fraction of sp³-hybridized carbons (Fsp3) is 0.321. The topological polar surface area (TPSA) is 56.8 Å². The molecule has 170 valence electrons. The van der Waals surface area contributed by atoms with Gasteiger partial charge in [-0.15, -0.1) is 0 Å². The van der Waals surface area contributed by atoms with Crippen LogP contribution in [0.2, 0.25) is 0 Å². The lowest BCUT2D eigenvalue weighted by molar-refractivity contribution is -0.120. The lowest BCUT2D eigenvalue weighted by Gasteiger charge is -2.45. The highest BCUT2D eigenvalue weighted by Crippen LogP contribution is 2.55. The van der Waals surface area contributed by atoms with E-state index in [4.69, 9.17) is 14.2 Å². The predicted molar refractivity (Wildman–Crippen MR) is 127 cm³/mol. The average Bonchev–Trinajstić information content (AvgIpc) is 2.87. The number of hydrogen-bond acceptors (Lipinski definition) is 4. The summed E-state index contributed by atoms with van der Waals surface area (Å²) in [4.78, 5) is 12.9. The molecule has 0 fully saturated rings. The molecule has 3 aliphatic carbocycles. The van der Waals surface area contributed by atoms with Gasteiger partial charge in [0, 0.05) is 23.9 Å². The van der Waals surface area contributed by atoms with E-state index in [1.165, 1.54) is 22.3 Å². The van der Waals surface area contributed by atoms with Crippen molar-refractivity contribution in [2.45, 2.75) is 24.7 Å². The number of nitrogens with one attached hydrogen (secondary N) is 1. The van der Waals surface area contributed by atoms with E-state index in [2.05, 4.69) is 53.8 Å². The number of rotatable bonds is 7. The van der Waals surface area contributed by atoms with E-state index in [1.54, 1.807) is 27.4 Å². The first-order chi connectivity index (χ1) is 16.2. The van der Waals surface area contributed by atoms with Gasteiger partial charge in [0.05, 0.1) is 27.8 Å². The molecule has 1 atom stereocenters. The fourth-order valence-corrected chi connectivity index (χ4v) is 5.74. The second kappa shape index (κ2) is 8.81. The SMILES string of the molecule is COc1ccc(CC(=O)NC[C@H]2CC3c4ccccc4C2c2ccccc23)c(OC)c1OC. The Bertz CT molecular complexity index is 1140. The molecule has 1 N–H and O–H groups in total. The molecule has 0 saturated carbocycles. The normalized spacial score (nSPS) is 19.9. The summed E-state index contributed by atoms with van der Waals surface area (Å²) in [6.45, 7) is 0.651. The van der Waals surface area contributed by atoms with Crippen molar-refractivity contribution in [3.8, 4) is 17.2 Å². The number of fused-ring (bicyclic) bond motifs is 1. The van der Waals surface area contributed by atoms with Crippen LogP contribution in [0.4, 0.5) is 0 Å². The summed E-state index contributed by atoms with van der Waals surface area (Å²) in [5.74, 6) is 2.68. The van der Waals surface area contributed by atoms with Crippen molar-refractivity contribution in [1.82, 2.24) is 5.32 Å². The van der Waals surface area contributed by atoms with Crippen molar-refractivity contribution in [2.24, 2.45) is 5.92 Å². The van der Waals surface area contributed by atoms with Crippen LogP contribution in [0.1, 0.15) is 46.1 Å². The van der Waals surface area contributed by atoms with Gasteiger partial charge in [-0.3, -0.25) is 4.79 Å². The van der Waals surface area contributed by atoms with Gasteiger partial charge in [-0.05, 0) is 40.7 Å². The Kier molecular flexibility index (Phi) is 5.71. The van der Waals surface area contributed by atoms with Crippen LogP contribution in [-0.2, 0) is 11.2 Å². The summed E-state index contributed by atoms with van der Waals surface area (Å²) in [5.41, 5.74) is 6.48. The maximum absolute atomic E-state index is 12.9. The summed E-state index contributed by atoms with van der Waals surface area (Å²) < 4.78 is 16.3. The molecule has 0 radical (unpaired) electrons. The second-order valence-corrected chi connectivity index (χ2v) is 8.76. The third kappa shape index (κ3) is 3.62. The molecular formula is C28H29NO4. The third-order valence-corrected chi connectivity index (χ3v) is 7.12. The predicted octanol–water partition coefficient (Wildman–Crippen LogP) is 4.67. The van der Waals surface area contributed by atoms with Crippen molar-refractivity contribution in [1.29, 1.82) is 0 Å². The van der Waals surface area contributed by atoms with Crippen LogP contribution in [0.5, 0.6) is 17.2 Å². The Labute approximate surface area is 194 Å². The van der Waals surface area contributed by atoms with Crippen LogP contribution in [0, 0.1) is 5.92 Å². The van der Waals surface area contributed by atoms with Crippen LogP contribution in [0.25, 0.3) is 0 Å². The number of benzene rings is 3. The Morgan fingerprint density at radius 2 is 1.42 bits per heavy atom. The van der Waals surface area contributed by atoms with Crippen molar-refractivity contribution >= 4 is 5.91 Å². The van der Waals surface area contributed by atoms with E-state index in [0.717, 1.165) is 12.0 Å². The van der Waals surface area contributed by atoms with Gasteiger partial charge in [-0.25, -0.2) is 0 Å². The maximum Gasteiger partial charge on any atom is 0.224 e. The van der Waals surface area contributed by atoms with Gasteiger partial charge in [0.1, 0.15) is 0 Å². The van der Waals surface area contributed by atoms with Gasteiger partial charge in [0.25, 0.3) is 0 Å². The lowest BCUT2D eigenvalue weighted by atomic mass is 9.59. The summed E-state index contributed by atoms with van der Waals surface area (Å²) in [6.07, 6.45) is 1.27. The Morgan fingerprint density at radius 1 is 0.818 bits per heavy atom. The standard InChI is InChI=1S/C28H29NO4/c1-31-24-13-12-17(27(32-2)28(24)33-3)15-25(30)29-16-18-14-23-19-8-4-6-10-21(19)26(18)22-11-7-5-9-20(22)23/h4-13,18,23,26H,14-16H2,1-3H3,(H,29,30)/t18-,23?,26?/m1/s1. The molecule has 2 bridgehead atoms. The molecule has 5 nitrogen and oxygen atoms in total. The molecule has 0 unspecified atom stereocenters. The monoisotopic (exact) mass is 443 g/mol. The molecule has 0 spiro atoms. The van der Waals surface area contributed by atoms with Gasteiger partial charge in [-0.2, -0.15) is 0 Å². The smallest absolute Gasteiger partial charge is 0.224 e. The minimum absolute atomic E-state index is 0.0245. The zero-order chi connectivity index (χ0) is 22.9. The summed E-state index contributed by atoms with van der Waals surface area (Å²) in [5, 5.41) is 3.20. The maximum atomic E-state index is 12.9. The van der Waals surface area contributed by atoms with Gasteiger partial charge in [0.15, 0.2) is 11.5 Å². The lowest BCUT2D eigenvalue weighted by Crippen LogP contribution is -2.39. The van der Waals surface area contributed by atoms with Crippen LogP contribution in [0.15, 0.2) is 60.7 Å². The largest absolute Gasteiger partial charge is 0.493 e. The van der Waals surface area contributed by atoms with E-state index in [9.17, 15) is 4.79 Å². The molecule has 3 aliphatic rings. The number of hydrogen-bond donors (Lipinski definition) is 1. The van der Waals surface area contributed by atoms with E-state index in [0.29, 0.717) is 41.5 Å². The number of carbonyl (C=O) groups is 1. The number of methoxy groups -OCH3 is 3. The zero-order valence-electron chi connectivity index (χ0n) is 19.3. The molecule has 6 rings (SSSR count). The van der Waals surface area contributed by atoms with Crippen molar-refractivity contribution in [2.75, 3.05) is 27.9 Å². The molecule has 5 heteroatoms. The number of amides is 1. The fourth-order valence-electron chi connectivity index (χ4n) is 5.74. The number of carbonyl (C=O) groups excluding carboxylic acids is 1. The second-order valence-electron chi connectivity index (χ2n) is 8.76. The first kappa shape index (κ1) is 21.4. The van der Waals surface area contributed by atoms with Crippen LogP contribution in [-0.4, -0.2) is 33.8 Å². The molecule has 0 aromatic heterocycles. The molecular weight excluding hydrogens is 414 g/mol. The zero-order valence-corrected chi connectivity index (χ0v) is 19.3. The Morgan fingerprint density at radius 3 is 2.00 bits per heavy atom. The van der Waals surface area contributed by atoms with Gasteiger partial charge >= 0.3 is 0 Å². The summed E-state index contributed by atoms with van der Waals surface area (Å²) >= 11 is 0. The first-order valence-electron chi connectivity index (χ1n) is 11.4. The van der Waals surface area contributed by atoms with Crippen LogP contribution >= 0.6 is 0 Å². The van der Waals surface area contributed by atoms with Gasteiger partial charge < -0.3 is 19.5 Å². The van der Waals surface area contributed by atoms with Crippen molar-refractivity contribution in [3.63, 3.8) is 0 Å². The molecule has 0 saturated heterocycles. The van der Waals surface area contributed by atoms with E-state index < -0.39 is 0 Å². The molecule has 3 aromatic carbocycles. The van der Waals surface area contributed by atoms with Crippen molar-refractivity contribution in [3.05, 3.63) is 88.5 Å². The highest BCUT2D eigenvalue weighted by molar-refractivity contribution is 5.80. The number of ether oxygens (including phenoxy) is 3. The van der Waals surface area contributed by atoms with Gasteiger partial charge in [0.2, 0.25) is 11.7 Å². The minimum Gasteiger partial charge on any atom is -0.493 e. The van der Waals surface area contributed by atoms with E-state index in [1.807, 2.05) is 6.07 Å². The van der Waals surface area contributed by atoms with E-state index in [-0.39, 0.29) is 12.3 Å². The Hall–Kier alpha value is -3.47. The molecule has 0 aliphatic heterocycles. The highest BCUT2D eigenvalue weighted by atomic mass is 16.5. The van der Waals surface area contributed by atoms with Crippen LogP contribution < -0.4 is 19.5 Å². The van der Waals surface area contributed by atoms with E-state index >= 15 is 0 Å².